The van der Waals surface area contributed by atoms with Crippen LogP contribution in [0.3, 0.4) is 0 Å². The molecule has 37 heavy (non-hydrogen) atoms. The molecule has 3 aromatic rings. The Kier molecular flexibility index (Phi) is 10.2. The number of aromatic nitrogens is 1. The highest BCUT2D eigenvalue weighted by Gasteiger charge is 2.20. The number of nitrogens with one attached hydrogen (secondary N) is 1. The number of aliphatic carboxylic acids is 2. The average Bonchev–Trinajstić information content (AvgIpc) is 3.24. The molecule has 0 saturated carbocycles. The van der Waals surface area contributed by atoms with E-state index in [0.29, 0.717) is 34.4 Å². The maximum absolute atomic E-state index is 11.3. The Bertz CT molecular complexity index is 1230. The first-order valence-corrected chi connectivity index (χ1v) is 12.3. The van der Waals surface area contributed by atoms with E-state index >= 15 is 0 Å². The van der Waals surface area contributed by atoms with Crippen molar-refractivity contribution >= 4 is 46.1 Å². The van der Waals surface area contributed by atoms with E-state index in [1.54, 1.807) is 6.07 Å². The minimum Gasteiger partial charge on any atom is -0.478 e. The lowest BCUT2D eigenvalue weighted by molar-refractivity contribution is -0.134. The highest BCUT2D eigenvalue weighted by atomic mass is 35.5. The van der Waals surface area contributed by atoms with Crippen LogP contribution in [0.2, 0.25) is 5.02 Å². The number of rotatable bonds is 8. The van der Waals surface area contributed by atoms with Gasteiger partial charge in [0.2, 0.25) is 5.91 Å². The van der Waals surface area contributed by atoms with Crippen molar-refractivity contribution in [2.24, 2.45) is 5.92 Å². The fourth-order valence-corrected chi connectivity index (χ4v) is 4.44. The van der Waals surface area contributed by atoms with Crippen LogP contribution in [0, 0.1) is 5.92 Å². The zero-order chi connectivity index (χ0) is 26.8. The molecule has 9 nitrogen and oxygen atoms in total. The van der Waals surface area contributed by atoms with Gasteiger partial charge in [-0.1, -0.05) is 47.1 Å². The van der Waals surface area contributed by atoms with E-state index in [1.165, 1.54) is 25.3 Å². The number of piperidine rings is 1. The molecule has 0 aliphatic carbocycles. The zero-order valence-electron chi connectivity index (χ0n) is 20.5. The van der Waals surface area contributed by atoms with Crippen molar-refractivity contribution in [1.82, 2.24) is 10.1 Å². The number of hydrogen-bond donors (Lipinski definition) is 3. The average molecular weight is 528 g/mol. The van der Waals surface area contributed by atoms with Gasteiger partial charge in [0, 0.05) is 37.1 Å². The van der Waals surface area contributed by atoms with Crippen LogP contribution in [0.4, 0.5) is 5.69 Å². The largest absolute Gasteiger partial charge is 0.478 e. The molecule has 1 saturated heterocycles. The van der Waals surface area contributed by atoms with E-state index in [0.717, 1.165) is 43.6 Å². The van der Waals surface area contributed by atoms with Crippen LogP contribution < -0.4 is 5.32 Å². The molecular weight excluding hydrogens is 498 g/mol. The van der Waals surface area contributed by atoms with Crippen molar-refractivity contribution in [2.45, 2.75) is 39.2 Å². The maximum Gasteiger partial charge on any atom is 0.328 e. The van der Waals surface area contributed by atoms with Crippen molar-refractivity contribution in [2.75, 3.05) is 18.4 Å². The summed E-state index contributed by atoms with van der Waals surface area (Å²) in [5.41, 5.74) is 3.55. The molecule has 0 spiro atoms. The first-order chi connectivity index (χ1) is 17.7. The van der Waals surface area contributed by atoms with Gasteiger partial charge in [0.1, 0.15) is 0 Å². The summed E-state index contributed by atoms with van der Waals surface area (Å²) < 4.78 is 5.48. The van der Waals surface area contributed by atoms with Crippen LogP contribution in [0.25, 0.3) is 11.0 Å². The second-order valence-corrected chi connectivity index (χ2v) is 9.30. The molecule has 2 aromatic carbocycles. The summed E-state index contributed by atoms with van der Waals surface area (Å²) in [6.07, 6.45) is 5.54. The minimum absolute atomic E-state index is 0.162. The van der Waals surface area contributed by atoms with Crippen LogP contribution in [-0.2, 0) is 27.3 Å². The number of aryl methyl sites for hydroxylation is 1. The predicted molar refractivity (Wildman–Crippen MR) is 140 cm³/mol. The van der Waals surface area contributed by atoms with Gasteiger partial charge in [-0.15, -0.1) is 0 Å². The molecular formula is C27H30ClN3O6. The standard InChI is InChI=1S/C23H26ClN3O2.C4H4O4/c1-16(28)25-22-14-23-19(13-20(22)24)21(26-29-23)8-7-17-9-11-27(12-10-17)15-18-5-3-2-4-6-18;5-3(6)1-2-4(7)8/h2-6,13-14,17H,7-12,15H2,1H3,(H,25,28);1-2H,(H,5,6)(H,7,8)/b;2-1+. The lowest BCUT2D eigenvalue weighted by atomic mass is 9.91. The molecule has 1 amide bonds. The third-order valence-corrected chi connectivity index (χ3v) is 6.37. The van der Waals surface area contributed by atoms with E-state index in [-0.39, 0.29) is 5.91 Å². The quantitative estimate of drug-likeness (QED) is 0.349. The topological polar surface area (TPSA) is 133 Å². The van der Waals surface area contributed by atoms with Crippen molar-refractivity contribution in [3.63, 3.8) is 0 Å². The van der Waals surface area contributed by atoms with Gasteiger partial charge in [-0.25, -0.2) is 9.59 Å². The van der Waals surface area contributed by atoms with Crippen LogP contribution in [0.5, 0.6) is 0 Å². The number of benzene rings is 2. The summed E-state index contributed by atoms with van der Waals surface area (Å²) in [6.45, 7) is 4.78. The fourth-order valence-electron chi connectivity index (χ4n) is 4.23. The smallest absolute Gasteiger partial charge is 0.328 e. The molecule has 4 rings (SSSR count). The number of carbonyl (C=O) groups excluding carboxylic acids is 1. The third-order valence-electron chi connectivity index (χ3n) is 6.06. The number of carbonyl (C=O) groups is 3. The van der Waals surface area contributed by atoms with Gasteiger partial charge >= 0.3 is 11.9 Å². The zero-order valence-corrected chi connectivity index (χ0v) is 21.3. The Labute approximate surface area is 219 Å². The van der Waals surface area contributed by atoms with E-state index in [1.807, 2.05) is 6.07 Å². The highest BCUT2D eigenvalue weighted by molar-refractivity contribution is 6.34. The Morgan fingerprint density at radius 2 is 1.76 bits per heavy atom. The second kappa shape index (κ2) is 13.6. The Balaban J connectivity index is 0.000000414. The lowest BCUT2D eigenvalue weighted by Crippen LogP contribution is -2.33. The van der Waals surface area contributed by atoms with Crippen molar-refractivity contribution in [3.8, 4) is 0 Å². The Morgan fingerprint density at radius 1 is 1.11 bits per heavy atom. The SMILES string of the molecule is CC(=O)Nc1cc2onc(CCC3CCN(Cc4ccccc4)CC3)c2cc1Cl.O=C(O)/C=C/C(=O)O. The van der Waals surface area contributed by atoms with E-state index in [4.69, 9.17) is 26.3 Å². The lowest BCUT2D eigenvalue weighted by Gasteiger charge is -2.31. The molecule has 1 aliphatic rings. The Morgan fingerprint density at radius 3 is 2.35 bits per heavy atom. The van der Waals surface area contributed by atoms with Crippen molar-refractivity contribution in [3.05, 3.63) is 70.9 Å². The number of amides is 1. The second-order valence-electron chi connectivity index (χ2n) is 8.89. The predicted octanol–water partition coefficient (Wildman–Crippen LogP) is 5.00. The molecule has 1 aliphatic heterocycles. The van der Waals surface area contributed by atoms with Crippen molar-refractivity contribution in [1.29, 1.82) is 0 Å². The number of anilines is 1. The normalized spacial score (nSPS) is 14.3. The van der Waals surface area contributed by atoms with Crippen LogP contribution in [0.1, 0.15) is 37.4 Å². The number of hydrogen-bond acceptors (Lipinski definition) is 6. The first-order valence-electron chi connectivity index (χ1n) is 12.0. The monoisotopic (exact) mass is 527 g/mol. The van der Waals surface area contributed by atoms with Crippen molar-refractivity contribution < 1.29 is 29.1 Å². The van der Waals surface area contributed by atoms with Gasteiger partial charge < -0.3 is 20.1 Å². The van der Waals surface area contributed by atoms with Gasteiger partial charge in [0.15, 0.2) is 5.58 Å². The van der Waals surface area contributed by atoms with Crippen LogP contribution >= 0.6 is 11.6 Å². The fraction of sp³-hybridized carbons (Fsp3) is 0.333. The summed E-state index contributed by atoms with van der Waals surface area (Å²) in [7, 11) is 0. The molecule has 0 atom stereocenters. The summed E-state index contributed by atoms with van der Waals surface area (Å²) in [4.78, 5) is 32.9. The van der Waals surface area contributed by atoms with E-state index in [9.17, 15) is 14.4 Å². The third kappa shape index (κ3) is 9.04. The molecule has 0 radical (unpaired) electrons. The summed E-state index contributed by atoms with van der Waals surface area (Å²) in [5.74, 6) is -1.97. The number of carboxylic acids is 2. The molecule has 1 aromatic heterocycles. The number of carboxylic acid groups (broad SMARTS) is 2. The first kappa shape index (κ1) is 27.9. The number of halogens is 1. The number of nitrogens with zero attached hydrogens (tertiary/aromatic N) is 2. The minimum atomic E-state index is -1.26. The molecule has 196 valence electrons. The number of likely N-dealkylation sites (tertiary alicyclic amines) is 1. The molecule has 2 heterocycles. The van der Waals surface area contributed by atoms with Crippen LogP contribution in [-0.4, -0.2) is 51.2 Å². The van der Waals surface area contributed by atoms with Gasteiger partial charge in [0.25, 0.3) is 0 Å². The highest BCUT2D eigenvalue weighted by Crippen LogP contribution is 2.32. The van der Waals surface area contributed by atoms with Gasteiger partial charge in [0.05, 0.1) is 16.4 Å². The summed E-state index contributed by atoms with van der Waals surface area (Å²) in [5, 5.41) is 24.0. The Hall–Kier alpha value is -3.69. The number of fused-ring (bicyclic) bond motifs is 1. The summed E-state index contributed by atoms with van der Waals surface area (Å²) in [6, 6.07) is 14.3. The summed E-state index contributed by atoms with van der Waals surface area (Å²) >= 11 is 6.32. The maximum atomic E-state index is 11.3. The molecule has 1 fully saturated rings. The molecule has 3 N–H and O–H groups in total. The van der Waals surface area contributed by atoms with E-state index in [2.05, 4.69) is 45.7 Å². The van der Waals surface area contributed by atoms with Gasteiger partial charge in [-0.3, -0.25) is 9.69 Å². The molecule has 10 heteroatoms. The van der Waals surface area contributed by atoms with Gasteiger partial charge in [-0.2, -0.15) is 0 Å². The van der Waals surface area contributed by atoms with E-state index < -0.39 is 11.9 Å². The van der Waals surface area contributed by atoms with Crippen LogP contribution in [0.15, 0.2) is 59.1 Å². The van der Waals surface area contributed by atoms with Gasteiger partial charge in [-0.05, 0) is 56.3 Å². The molecule has 0 bridgehead atoms. The molecule has 0 unspecified atom stereocenters.